The SMILES string of the molecule is CC(C)c1nc(Sc2nnc(-c3ccco3)n2N)nc(N(C)C)n1. The molecule has 0 atom stereocenters. The zero-order valence-electron chi connectivity index (χ0n) is 13.8. The third-order valence-corrected chi connectivity index (χ3v) is 3.95. The van der Waals surface area contributed by atoms with Gasteiger partial charge in [-0.15, -0.1) is 10.2 Å². The number of nitrogens with two attached hydrogens (primary N) is 1. The third-order valence-electron chi connectivity index (χ3n) is 3.13. The Morgan fingerprint density at radius 3 is 2.62 bits per heavy atom. The lowest BCUT2D eigenvalue weighted by Gasteiger charge is -2.13. The summed E-state index contributed by atoms with van der Waals surface area (Å²) in [6.45, 7) is 4.06. The highest BCUT2D eigenvalue weighted by molar-refractivity contribution is 7.99. The van der Waals surface area contributed by atoms with Gasteiger partial charge in [-0.1, -0.05) is 13.8 Å². The van der Waals surface area contributed by atoms with Crippen molar-refractivity contribution in [2.75, 3.05) is 24.8 Å². The molecule has 3 aromatic rings. The van der Waals surface area contributed by atoms with Crippen LogP contribution in [0.25, 0.3) is 11.6 Å². The molecule has 3 heterocycles. The summed E-state index contributed by atoms with van der Waals surface area (Å²) in [7, 11) is 3.77. The molecule has 10 heteroatoms. The highest BCUT2D eigenvalue weighted by atomic mass is 32.2. The molecule has 9 nitrogen and oxygen atoms in total. The van der Waals surface area contributed by atoms with Crippen LogP contribution in [0.15, 0.2) is 33.1 Å². The van der Waals surface area contributed by atoms with Gasteiger partial charge < -0.3 is 15.2 Å². The quantitative estimate of drug-likeness (QED) is 0.691. The van der Waals surface area contributed by atoms with Crippen LogP contribution in [0.1, 0.15) is 25.6 Å². The number of aromatic nitrogens is 6. The van der Waals surface area contributed by atoms with E-state index >= 15 is 0 Å². The molecular formula is C14H18N8OS. The summed E-state index contributed by atoms with van der Waals surface area (Å²) in [5, 5.41) is 9.14. The maximum absolute atomic E-state index is 6.07. The smallest absolute Gasteiger partial charge is 0.229 e. The van der Waals surface area contributed by atoms with Gasteiger partial charge in [0.1, 0.15) is 5.82 Å². The second-order valence-electron chi connectivity index (χ2n) is 5.58. The Hall–Kier alpha value is -2.62. The van der Waals surface area contributed by atoms with E-state index in [0.717, 1.165) is 0 Å². The van der Waals surface area contributed by atoms with E-state index in [4.69, 9.17) is 10.3 Å². The molecule has 0 aliphatic heterocycles. The van der Waals surface area contributed by atoms with Crippen molar-refractivity contribution in [3.8, 4) is 11.6 Å². The van der Waals surface area contributed by atoms with Gasteiger partial charge in [-0.05, 0) is 23.9 Å². The number of anilines is 1. The summed E-state index contributed by atoms with van der Waals surface area (Å²) in [5.41, 5.74) is 0. The van der Waals surface area contributed by atoms with Crippen LogP contribution in [0.3, 0.4) is 0 Å². The zero-order chi connectivity index (χ0) is 17.3. The molecule has 0 saturated heterocycles. The molecule has 3 rings (SSSR count). The van der Waals surface area contributed by atoms with E-state index in [1.807, 2.05) is 32.8 Å². The molecule has 0 radical (unpaired) electrons. The Kier molecular flexibility index (Phi) is 4.38. The fourth-order valence-corrected chi connectivity index (χ4v) is 2.56. The van der Waals surface area contributed by atoms with Gasteiger partial charge in [-0.25, -0.2) is 9.66 Å². The molecule has 2 N–H and O–H groups in total. The van der Waals surface area contributed by atoms with Crippen LogP contribution in [0.5, 0.6) is 0 Å². The van der Waals surface area contributed by atoms with E-state index in [1.54, 1.807) is 18.4 Å². The van der Waals surface area contributed by atoms with Crippen molar-refractivity contribution >= 4 is 17.7 Å². The topological polar surface area (TPSA) is 112 Å². The molecule has 0 aliphatic rings. The fourth-order valence-electron chi connectivity index (χ4n) is 1.87. The first-order valence-electron chi connectivity index (χ1n) is 7.31. The second-order valence-corrected chi connectivity index (χ2v) is 6.52. The Morgan fingerprint density at radius 1 is 1.21 bits per heavy atom. The number of rotatable bonds is 5. The van der Waals surface area contributed by atoms with Gasteiger partial charge in [0.25, 0.3) is 0 Å². The van der Waals surface area contributed by atoms with E-state index in [0.29, 0.717) is 33.7 Å². The summed E-state index contributed by atoms with van der Waals surface area (Å²) < 4.78 is 6.66. The molecule has 24 heavy (non-hydrogen) atoms. The summed E-state index contributed by atoms with van der Waals surface area (Å²) in [5.74, 6) is 8.53. The van der Waals surface area contributed by atoms with Crippen molar-refractivity contribution in [1.82, 2.24) is 29.8 Å². The van der Waals surface area contributed by atoms with Gasteiger partial charge in [-0.2, -0.15) is 9.97 Å². The molecule has 0 spiro atoms. The van der Waals surface area contributed by atoms with Gasteiger partial charge in [0.05, 0.1) is 6.26 Å². The van der Waals surface area contributed by atoms with Crippen molar-refractivity contribution in [3.05, 3.63) is 24.2 Å². The van der Waals surface area contributed by atoms with Crippen molar-refractivity contribution in [3.63, 3.8) is 0 Å². The average Bonchev–Trinajstić information content (AvgIpc) is 3.18. The molecule has 0 amide bonds. The van der Waals surface area contributed by atoms with Crippen molar-refractivity contribution in [2.24, 2.45) is 0 Å². The lowest BCUT2D eigenvalue weighted by Crippen LogP contribution is -2.16. The molecular weight excluding hydrogens is 328 g/mol. The predicted molar refractivity (Wildman–Crippen MR) is 90.2 cm³/mol. The van der Waals surface area contributed by atoms with E-state index in [-0.39, 0.29) is 5.92 Å². The first-order valence-corrected chi connectivity index (χ1v) is 8.13. The van der Waals surface area contributed by atoms with Crippen LogP contribution in [-0.2, 0) is 0 Å². The molecule has 0 fully saturated rings. The van der Waals surface area contributed by atoms with Gasteiger partial charge in [0.2, 0.25) is 22.1 Å². The minimum atomic E-state index is 0.181. The van der Waals surface area contributed by atoms with Crippen LogP contribution in [0.4, 0.5) is 5.95 Å². The van der Waals surface area contributed by atoms with Gasteiger partial charge in [-0.3, -0.25) is 0 Å². The normalized spacial score (nSPS) is 11.2. The van der Waals surface area contributed by atoms with E-state index < -0.39 is 0 Å². The minimum absolute atomic E-state index is 0.181. The largest absolute Gasteiger partial charge is 0.461 e. The van der Waals surface area contributed by atoms with Gasteiger partial charge in [0, 0.05) is 20.0 Å². The van der Waals surface area contributed by atoms with E-state index in [1.165, 1.54) is 16.4 Å². The molecule has 0 bridgehead atoms. The Morgan fingerprint density at radius 2 is 2.00 bits per heavy atom. The molecule has 126 valence electrons. The predicted octanol–water partition coefficient (Wildman–Crippen LogP) is 1.78. The maximum Gasteiger partial charge on any atom is 0.229 e. The lowest BCUT2D eigenvalue weighted by atomic mass is 10.2. The lowest BCUT2D eigenvalue weighted by molar-refractivity contribution is 0.574. The van der Waals surface area contributed by atoms with Crippen LogP contribution in [0.2, 0.25) is 0 Å². The minimum Gasteiger partial charge on any atom is -0.461 e. The van der Waals surface area contributed by atoms with Crippen LogP contribution >= 0.6 is 11.8 Å². The summed E-state index contributed by atoms with van der Waals surface area (Å²) in [4.78, 5) is 15.2. The monoisotopic (exact) mass is 346 g/mol. The maximum atomic E-state index is 6.07. The molecule has 0 unspecified atom stereocenters. The van der Waals surface area contributed by atoms with Crippen LogP contribution in [0, 0.1) is 0 Å². The standard InChI is InChI=1S/C14H18N8OS/c1-8(2)10-16-12(21(3)4)18-13(17-10)24-14-20-19-11(22(14)15)9-6-5-7-23-9/h5-8H,15H2,1-4H3. The molecule has 0 aromatic carbocycles. The molecule has 3 aromatic heterocycles. The number of hydrogen-bond acceptors (Lipinski definition) is 9. The molecule has 0 saturated carbocycles. The van der Waals surface area contributed by atoms with Crippen molar-refractivity contribution in [2.45, 2.75) is 30.1 Å². The zero-order valence-corrected chi connectivity index (χ0v) is 14.7. The molecule has 0 aliphatic carbocycles. The second kappa shape index (κ2) is 6.48. The first kappa shape index (κ1) is 16.2. The first-order chi connectivity index (χ1) is 11.5. The summed E-state index contributed by atoms with van der Waals surface area (Å²) in [6.07, 6.45) is 1.56. The number of hydrogen-bond donors (Lipinski definition) is 1. The fraction of sp³-hybridized carbons (Fsp3) is 0.357. The number of nitrogens with zero attached hydrogens (tertiary/aromatic N) is 7. The Balaban J connectivity index is 1.94. The average molecular weight is 346 g/mol. The highest BCUT2D eigenvalue weighted by Crippen LogP contribution is 2.27. The Bertz CT molecular complexity index is 801. The summed E-state index contributed by atoms with van der Waals surface area (Å²) in [6, 6.07) is 3.53. The van der Waals surface area contributed by atoms with Crippen LogP contribution in [-0.4, -0.2) is 43.9 Å². The van der Waals surface area contributed by atoms with E-state index in [9.17, 15) is 0 Å². The number of nitrogen functional groups attached to an aromatic ring is 1. The highest BCUT2D eigenvalue weighted by Gasteiger charge is 2.18. The number of furan rings is 1. The van der Waals surface area contributed by atoms with E-state index in [2.05, 4.69) is 25.1 Å². The third kappa shape index (κ3) is 3.18. The van der Waals surface area contributed by atoms with Gasteiger partial charge >= 0.3 is 0 Å². The van der Waals surface area contributed by atoms with Crippen molar-refractivity contribution < 1.29 is 4.42 Å². The van der Waals surface area contributed by atoms with Crippen molar-refractivity contribution in [1.29, 1.82) is 0 Å². The van der Waals surface area contributed by atoms with Gasteiger partial charge in [0.15, 0.2) is 5.76 Å². The summed E-state index contributed by atoms with van der Waals surface area (Å²) >= 11 is 1.23. The van der Waals surface area contributed by atoms with Crippen LogP contribution < -0.4 is 10.7 Å². The Labute approximate surface area is 143 Å².